The number of imidazole rings is 1. The summed E-state index contributed by atoms with van der Waals surface area (Å²) in [7, 11) is 0. The van der Waals surface area contributed by atoms with Gasteiger partial charge in [-0.05, 0) is 74.1 Å². The molecule has 0 radical (unpaired) electrons. The fourth-order valence-corrected chi connectivity index (χ4v) is 6.74. The van der Waals surface area contributed by atoms with E-state index in [1.807, 2.05) is 47.1 Å². The molecule has 4 aliphatic carbocycles. The number of carbonyl (C=O) groups excluding carboxylic acids is 1. The molecule has 0 saturated heterocycles. The number of hydrogen-bond donors (Lipinski definition) is 3. The highest BCUT2D eigenvalue weighted by Crippen LogP contribution is 2.57. The van der Waals surface area contributed by atoms with Crippen LogP contribution in [0.1, 0.15) is 60.4 Å². The van der Waals surface area contributed by atoms with Gasteiger partial charge in [-0.15, -0.1) is 0 Å². The molecule has 3 heterocycles. The first-order chi connectivity index (χ1) is 17.5. The van der Waals surface area contributed by atoms with Crippen LogP contribution < -0.4 is 5.32 Å². The highest BCUT2D eigenvalue weighted by atomic mass is 19.4. The minimum absolute atomic E-state index is 0.123. The van der Waals surface area contributed by atoms with Gasteiger partial charge in [0.15, 0.2) is 5.69 Å². The van der Waals surface area contributed by atoms with Crippen LogP contribution in [0.2, 0.25) is 0 Å². The fourth-order valence-electron chi connectivity index (χ4n) is 6.74. The Hall–Kier alpha value is -3.47. The van der Waals surface area contributed by atoms with Crippen LogP contribution in [-0.4, -0.2) is 53.8 Å². The van der Waals surface area contributed by atoms with Crippen LogP contribution in [0, 0.1) is 11.8 Å². The first-order valence-electron chi connectivity index (χ1n) is 12.2. The average Bonchev–Trinajstić information content (AvgIpc) is 3.16. The topological polar surface area (TPSA) is 117 Å². The molecular formula is C26H27F3N4O4. The van der Waals surface area contributed by atoms with Gasteiger partial charge >= 0.3 is 12.1 Å². The van der Waals surface area contributed by atoms with Crippen molar-refractivity contribution < 1.29 is 33.0 Å². The Labute approximate surface area is 210 Å². The standard InChI is InChI=1S/C24H26N4O2.C2HF3O2/c29-22(27-23-10-17-8-18(11-23)13-24(30,12-17)15-23)21-19-5-1-2-7-28(19)20(26-21)9-16-4-3-6-25-14-16;3-2(4,5)1(6)7/h1-7,14,17-18,30H,8-13,15H2,(H,27,29);(H,6,7). The van der Waals surface area contributed by atoms with E-state index in [9.17, 15) is 23.1 Å². The number of nitrogens with one attached hydrogen (secondary N) is 1. The van der Waals surface area contributed by atoms with Gasteiger partial charge in [0, 0.05) is 30.6 Å². The Balaban J connectivity index is 0.000000355. The van der Waals surface area contributed by atoms with Crippen molar-refractivity contribution in [2.45, 2.75) is 62.3 Å². The summed E-state index contributed by atoms with van der Waals surface area (Å²) in [6, 6.07) is 9.78. The van der Waals surface area contributed by atoms with Crippen LogP contribution in [0.5, 0.6) is 0 Å². The molecule has 3 aromatic rings. The quantitative estimate of drug-likeness (QED) is 0.486. The minimum atomic E-state index is -5.08. The molecule has 37 heavy (non-hydrogen) atoms. The summed E-state index contributed by atoms with van der Waals surface area (Å²) in [6.45, 7) is 0. The van der Waals surface area contributed by atoms with E-state index in [1.165, 1.54) is 6.42 Å². The van der Waals surface area contributed by atoms with Gasteiger partial charge in [0.2, 0.25) is 0 Å². The zero-order valence-electron chi connectivity index (χ0n) is 19.9. The number of carboxylic acid groups (broad SMARTS) is 1. The fraction of sp³-hybridized carbons (Fsp3) is 0.462. The van der Waals surface area contributed by atoms with E-state index in [1.54, 1.807) is 6.20 Å². The second-order valence-corrected chi connectivity index (χ2v) is 10.6. The second-order valence-electron chi connectivity index (χ2n) is 10.6. The lowest BCUT2D eigenvalue weighted by atomic mass is 9.51. The monoisotopic (exact) mass is 516 g/mol. The van der Waals surface area contributed by atoms with Crippen molar-refractivity contribution in [3.8, 4) is 0 Å². The number of halogens is 3. The van der Waals surface area contributed by atoms with Gasteiger partial charge in [-0.2, -0.15) is 13.2 Å². The molecule has 4 fully saturated rings. The van der Waals surface area contributed by atoms with Crippen molar-refractivity contribution in [2.24, 2.45) is 11.8 Å². The highest BCUT2D eigenvalue weighted by Gasteiger charge is 2.57. The molecule has 0 aromatic carbocycles. The van der Waals surface area contributed by atoms with E-state index in [-0.39, 0.29) is 11.4 Å². The molecule has 0 aliphatic heterocycles. The van der Waals surface area contributed by atoms with Crippen molar-refractivity contribution in [2.75, 3.05) is 0 Å². The number of alkyl halides is 3. The number of aliphatic hydroxyl groups is 1. The summed E-state index contributed by atoms with van der Waals surface area (Å²) >= 11 is 0. The molecule has 2 unspecified atom stereocenters. The molecule has 0 spiro atoms. The van der Waals surface area contributed by atoms with Crippen molar-refractivity contribution in [1.29, 1.82) is 0 Å². The summed E-state index contributed by atoms with van der Waals surface area (Å²) < 4.78 is 33.7. The Kier molecular flexibility index (Phi) is 6.21. The number of hydrogen-bond acceptors (Lipinski definition) is 5. The smallest absolute Gasteiger partial charge is 0.475 e. The molecule has 4 aliphatic rings. The molecule has 1 amide bonds. The highest BCUT2D eigenvalue weighted by molar-refractivity contribution is 5.99. The zero-order valence-corrected chi connectivity index (χ0v) is 19.9. The summed E-state index contributed by atoms with van der Waals surface area (Å²) in [4.78, 5) is 31.3. The largest absolute Gasteiger partial charge is 0.490 e. The van der Waals surface area contributed by atoms with Crippen LogP contribution in [-0.2, 0) is 11.2 Å². The predicted octanol–water partition coefficient (Wildman–Crippen LogP) is 3.77. The predicted molar refractivity (Wildman–Crippen MR) is 126 cm³/mol. The lowest BCUT2D eigenvalue weighted by Gasteiger charge is -2.60. The van der Waals surface area contributed by atoms with E-state index in [0.717, 1.165) is 42.6 Å². The van der Waals surface area contributed by atoms with E-state index in [4.69, 9.17) is 14.9 Å². The van der Waals surface area contributed by atoms with Gasteiger partial charge in [0.05, 0.1) is 11.1 Å². The third kappa shape index (κ3) is 5.18. The van der Waals surface area contributed by atoms with Crippen LogP contribution in [0.3, 0.4) is 0 Å². The molecule has 4 bridgehead atoms. The lowest BCUT2D eigenvalue weighted by Crippen LogP contribution is -2.65. The number of amides is 1. The van der Waals surface area contributed by atoms with Gasteiger partial charge in [0.1, 0.15) is 5.82 Å². The number of rotatable bonds is 4. The van der Waals surface area contributed by atoms with Gasteiger partial charge in [0.25, 0.3) is 5.91 Å². The zero-order chi connectivity index (χ0) is 26.4. The van der Waals surface area contributed by atoms with Crippen LogP contribution in [0.25, 0.3) is 5.52 Å². The van der Waals surface area contributed by atoms with Crippen LogP contribution in [0.15, 0.2) is 48.9 Å². The van der Waals surface area contributed by atoms with E-state index in [2.05, 4.69) is 10.3 Å². The Bertz CT molecular complexity index is 1310. The summed E-state index contributed by atoms with van der Waals surface area (Å²) in [5, 5.41) is 21.5. The molecule has 11 heteroatoms. The SMILES string of the molecule is O=C(NC12CC3CC(CC(O)(C3)C1)C2)c1nc(Cc2cccnc2)n2ccccc12.O=C(O)C(F)(F)F. The Morgan fingerprint density at radius 2 is 1.81 bits per heavy atom. The van der Waals surface area contributed by atoms with Gasteiger partial charge < -0.3 is 19.9 Å². The maximum atomic E-state index is 13.4. The molecule has 3 aromatic heterocycles. The Morgan fingerprint density at radius 1 is 1.11 bits per heavy atom. The van der Waals surface area contributed by atoms with Crippen molar-refractivity contribution in [3.63, 3.8) is 0 Å². The normalized spacial score (nSPS) is 28.0. The number of carboxylic acids is 1. The number of carbonyl (C=O) groups is 2. The average molecular weight is 517 g/mol. The molecular weight excluding hydrogens is 489 g/mol. The van der Waals surface area contributed by atoms with Gasteiger partial charge in [-0.25, -0.2) is 9.78 Å². The van der Waals surface area contributed by atoms with Crippen LogP contribution >= 0.6 is 0 Å². The van der Waals surface area contributed by atoms with Gasteiger partial charge in [-0.1, -0.05) is 12.1 Å². The third-order valence-corrected chi connectivity index (χ3v) is 7.57. The van der Waals surface area contributed by atoms with Crippen molar-refractivity contribution >= 4 is 17.4 Å². The Morgan fingerprint density at radius 3 is 2.41 bits per heavy atom. The number of aliphatic carboxylic acids is 1. The summed E-state index contributed by atoms with van der Waals surface area (Å²) in [5.74, 6) is -1.00. The first-order valence-corrected chi connectivity index (χ1v) is 12.2. The second kappa shape index (κ2) is 9.13. The van der Waals surface area contributed by atoms with Crippen LogP contribution in [0.4, 0.5) is 13.2 Å². The number of fused-ring (bicyclic) bond motifs is 1. The number of aromatic nitrogens is 3. The first kappa shape index (κ1) is 25.2. The lowest BCUT2D eigenvalue weighted by molar-refractivity contribution is -0.192. The summed E-state index contributed by atoms with van der Waals surface area (Å²) in [5.41, 5.74) is 1.46. The van der Waals surface area contributed by atoms with Gasteiger partial charge in [-0.3, -0.25) is 9.78 Å². The maximum absolute atomic E-state index is 13.4. The maximum Gasteiger partial charge on any atom is 0.490 e. The third-order valence-electron chi connectivity index (χ3n) is 7.57. The molecule has 2 atom stereocenters. The molecule has 3 N–H and O–H groups in total. The van der Waals surface area contributed by atoms with E-state index in [0.29, 0.717) is 30.4 Å². The molecule has 196 valence electrons. The van der Waals surface area contributed by atoms with E-state index >= 15 is 0 Å². The molecule has 8 nitrogen and oxygen atoms in total. The minimum Gasteiger partial charge on any atom is -0.475 e. The van der Waals surface area contributed by atoms with Crippen molar-refractivity contribution in [1.82, 2.24) is 19.7 Å². The molecule has 7 rings (SSSR count). The van der Waals surface area contributed by atoms with Crippen molar-refractivity contribution in [3.05, 3.63) is 66.0 Å². The number of pyridine rings is 2. The van der Waals surface area contributed by atoms with E-state index < -0.39 is 17.7 Å². The summed E-state index contributed by atoms with van der Waals surface area (Å²) in [6.07, 6.45) is 6.69. The molecule has 4 saturated carbocycles. The number of nitrogens with zero attached hydrogens (tertiary/aromatic N) is 3.